The van der Waals surface area contributed by atoms with E-state index < -0.39 is 35.5 Å². The highest BCUT2D eigenvalue weighted by atomic mass is 19.2. The fourth-order valence-electron chi connectivity index (χ4n) is 2.92. The molecule has 120 valence electrons. The molecule has 1 aliphatic carbocycles. The van der Waals surface area contributed by atoms with Gasteiger partial charge in [0.1, 0.15) is 0 Å². The fourth-order valence-corrected chi connectivity index (χ4v) is 2.92. The Morgan fingerprint density at radius 3 is 2.64 bits per heavy atom. The Balaban J connectivity index is 2.02. The normalized spacial score (nSPS) is 22.9. The van der Waals surface area contributed by atoms with Crippen molar-refractivity contribution in [3.05, 3.63) is 35.4 Å². The summed E-state index contributed by atoms with van der Waals surface area (Å²) in [7, 11) is 0. The lowest BCUT2D eigenvalue weighted by molar-refractivity contribution is -0.144. The van der Waals surface area contributed by atoms with E-state index in [-0.39, 0.29) is 11.5 Å². The van der Waals surface area contributed by atoms with Gasteiger partial charge in [0.25, 0.3) is 0 Å². The van der Waals surface area contributed by atoms with Crippen molar-refractivity contribution in [3.63, 3.8) is 0 Å². The quantitative estimate of drug-likeness (QED) is 0.898. The molecule has 1 amide bonds. The van der Waals surface area contributed by atoms with Crippen LogP contribution in [-0.4, -0.2) is 17.0 Å². The minimum atomic E-state index is -0.970. The fraction of sp³-hybridized carbons (Fsp3) is 0.500. The van der Waals surface area contributed by atoms with E-state index in [0.717, 1.165) is 6.07 Å². The molecule has 3 atom stereocenters. The van der Waals surface area contributed by atoms with Crippen LogP contribution >= 0.6 is 0 Å². The third-order valence-electron chi connectivity index (χ3n) is 4.20. The van der Waals surface area contributed by atoms with Gasteiger partial charge in [0, 0.05) is 11.5 Å². The van der Waals surface area contributed by atoms with E-state index in [1.165, 1.54) is 12.1 Å². The van der Waals surface area contributed by atoms with Crippen LogP contribution in [0, 0.1) is 23.5 Å². The number of carbonyl (C=O) groups is 2. The average Bonchev–Trinajstić information content (AvgIpc) is 2.50. The number of nitrogens with one attached hydrogen (secondary N) is 1. The molecule has 2 rings (SSSR count). The van der Waals surface area contributed by atoms with Crippen LogP contribution in [0.2, 0.25) is 0 Å². The molecule has 0 radical (unpaired) electrons. The summed E-state index contributed by atoms with van der Waals surface area (Å²) in [5.41, 5.74) is 0.0824. The van der Waals surface area contributed by atoms with Crippen molar-refractivity contribution in [1.82, 2.24) is 5.32 Å². The highest BCUT2D eigenvalue weighted by Crippen LogP contribution is 2.30. The van der Waals surface area contributed by atoms with Gasteiger partial charge in [-0.2, -0.15) is 0 Å². The number of carbonyl (C=O) groups excluding carboxylic acids is 1. The van der Waals surface area contributed by atoms with E-state index in [1.807, 2.05) is 0 Å². The van der Waals surface area contributed by atoms with Crippen molar-refractivity contribution >= 4 is 11.9 Å². The number of hydrogen-bond acceptors (Lipinski definition) is 2. The molecule has 1 saturated carbocycles. The Morgan fingerprint density at radius 2 is 1.95 bits per heavy atom. The van der Waals surface area contributed by atoms with Crippen LogP contribution in [0.4, 0.5) is 8.78 Å². The van der Waals surface area contributed by atoms with Gasteiger partial charge in [-0.05, 0) is 32.3 Å². The van der Waals surface area contributed by atoms with Crippen LogP contribution in [-0.2, 0) is 9.59 Å². The second-order valence-corrected chi connectivity index (χ2v) is 5.77. The number of halogens is 2. The monoisotopic (exact) mass is 311 g/mol. The van der Waals surface area contributed by atoms with Gasteiger partial charge in [-0.3, -0.25) is 9.59 Å². The summed E-state index contributed by atoms with van der Waals surface area (Å²) >= 11 is 0. The molecule has 0 spiro atoms. The van der Waals surface area contributed by atoms with Crippen LogP contribution in [0.5, 0.6) is 0 Å². The molecule has 1 aliphatic rings. The maximum absolute atomic E-state index is 13.7. The summed E-state index contributed by atoms with van der Waals surface area (Å²) in [5, 5.41) is 11.7. The molecule has 0 saturated heterocycles. The highest BCUT2D eigenvalue weighted by Gasteiger charge is 2.31. The summed E-state index contributed by atoms with van der Waals surface area (Å²) in [6.07, 6.45) is 2.17. The van der Waals surface area contributed by atoms with Crippen molar-refractivity contribution in [2.24, 2.45) is 11.8 Å². The molecule has 6 heteroatoms. The van der Waals surface area contributed by atoms with Gasteiger partial charge in [-0.15, -0.1) is 0 Å². The Bertz CT molecular complexity index is 577. The predicted molar refractivity (Wildman–Crippen MR) is 76.0 cm³/mol. The molecular formula is C16H19F2NO3. The molecule has 2 N–H and O–H groups in total. The molecule has 0 heterocycles. The number of aliphatic carboxylic acids is 1. The van der Waals surface area contributed by atoms with Crippen molar-refractivity contribution in [2.75, 3.05) is 0 Å². The second-order valence-electron chi connectivity index (χ2n) is 5.77. The first-order valence-corrected chi connectivity index (χ1v) is 7.37. The molecule has 1 aromatic carbocycles. The smallest absolute Gasteiger partial charge is 0.306 e. The third kappa shape index (κ3) is 3.61. The van der Waals surface area contributed by atoms with Gasteiger partial charge in [-0.25, -0.2) is 8.78 Å². The first-order chi connectivity index (χ1) is 10.4. The van der Waals surface area contributed by atoms with E-state index in [9.17, 15) is 18.4 Å². The lowest BCUT2D eigenvalue weighted by Gasteiger charge is -2.27. The van der Waals surface area contributed by atoms with Gasteiger partial charge in [-0.1, -0.05) is 18.6 Å². The van der Waals surface area contributed by atoms with Crippen LogP contribution in [0.1, 0.15) is 44.2 Å². The Labute approximate surface area is 127 Å². The topological polar surface area (TPSA) is 66.4 Å². The van der Waals surface area contributed by atoms with Gasteiger partial charge < -0.3 is 10.4 Å². The molecule has 0 bridgehead atoms. The van der Waals surface area contributed by atoms with E-state index in [0.29, 0.717) is 25.7 Å². The van der Waals surface area contributed by atoms with Crippen LogP contribution in [0.15, 0.2) is 18.2 Å². The Hall–Kier alpha value is -1.98. The maximum atomic E-state index is 13.7. The standard InChI is InChI=1S/C16H19F2NO3/c1-9(12-6-3-7-13(17)14(12)18)19-15(20)10-4-2-5-11(8-10)16(21)22/h3,6-7,9-11H,2,4-5,8H2,1H3,(H,19,20)(H,21,22). The van der Waals surface area contributed by atoms with Crippen molar-refractivity contribution in [1.29, 1.82) is 0 Å². The lowest BCUT2D eigenvalue weighted by Crippen LogP contribution is -2.37. The van der Waals surface area contributed by atoms with Crippen molar-refractivity contribution in [3.8, 4) is 0 Å². The molecule has 1 aromatic rings. The van der Waals surface area contributed by atoms with Crippen molar-refractivity contribution < 1.29 is 23.5 Å². The summed E-state index contributed by atoms with van der Waals surface area (Å²) in [4.78, 5) is 23.3. The van der Waals surface area contributed by atoms with E-state index in [4.69, 9.17) is 5.11 Å². The molecule has 22 heavy (non-hydrogen) atoms. The van der Waals surface area contributed by atoms with Gasteiger partial charge in [0.2, 0.25) is 5.91 Å². The Morgan fingerprint density at radius 1 is 1.27 bits per heavy atom. The maximum Gasteiger partial charge on any atom is 0.306 e. The van der Waals surface area contributed by atoms with Gasteiger partial charge in [0.15, 0.2) is 11.6 Å². The number of hydrogen-bond donors (Lipinski definition) is 2. The molecular weight excluding hydrogens is 292 g/mol. The van der Waals surface area contributed by atoms with Crippen LogP contribution in [0.25, 0.3) is 0 Å². The highest BCUT2D eigenvalue weighted by molar-refractivity contribution is 5.80. The lowest BCUT2D eigenvalue weighted by atomic mass is 9.81. The number of benzene rings is 1. The minimum Gasteiger partial charge on any atom is -0.481 e. The van der Waals surface area contributed by atoms with Crippen molar-refractivity contribution in [2.45, 2.75) is 38.6 Å². The zero-order valence-corrected chi connectivity index (χ0v) is 12.3. The van der Waals surface area contributed by atoms with Crippen LogP contribution in [0.3, 0.4) is 0 Å². The predicted octanol–water partition coefficient (Wildman–Crippen LogP) is 3.03. The summed E-state index contributed by atoms with van der Waals surface area (Å²) in [6, 6.07) is 3.15. The van der Waals surface area contributed by atoms with Gasteiger partial charge >= 0.3 is 5.97 Å². The molecule has 0 aliphatic heterocycles. The third-order valence-corrected chi connectivity index (χ3v) is 4.20. The molecule has 1 fully saturated rings. The summed E-state index contributed by atoms with van der Waals surface area (Å²) in [6.45, 7) is 1.58. The zero-order valence-electron chi connectivity index (χ0n) is 12.3. The number of rotatable bonds is 4. The largest absolute Gasteiger partial charge is 0.481 e. The second kappa shape index (κ2) is 6.85. The number of carboxylic acid groups (broad SMARTS) is 1. The first kappa shape index (κ1) is 16.4. The van der Waals surface area contributed by atoms with E-state index in [2.05, 4.69) is 5.32 Å². The number of carboxylic acids is 1. The van der Waals surface area contributed by atoms with E-state index >= 15 is 0 Å². The Kier molecular flexibility index (Phi) is 5.11. The van der Waals surface area contributed by atoms with Crippen LogP contribution < -0.4 is 5.32 Å². The zero-order chi connectivity index (χ0) is 16.3. The molecule has 3 unspecified atom stereocenters. The molecule has 4 nitrogen and oxygen atoms in total. The molecule has 0 aromatic heterocycles. The minimum absolute atomic E-state index is 0.0824. The SMILES string of the molecule is CC(NC(=O)C1CCCC(C(=O)O)C1)c1cccc(F)c1F. The summed E-state index contributed by atoms with van der Waals surface area (Å²) < 4.78 is 26.9. The first-order valence-electron chi connectivity index (χ1n) is 7.37. The van der Waals surface area contributed by atoms with Gasteiger partial charge in [0.05, 0.1) is 12.0 Å². The van der Waals surface area contributed by atoms with E-state index in [1.54, 1.807) is 6.92 Å². The number of amides is 1. The summed E-state index contributed by atoms with van der Waals surface area (Å²) in [5.74, 6) is -4.02. The average molecular weight is 311 g/mol.